The molecule has 0 radical (unpaired) electrons. The van der Waals surface area contributed by atoms with Gasteiger partial charge in [0.1, 0.15) is 0 Å². The SMILES string of the molecule is O=C1/C=C\CCCCCCCCCC[C@@H]2C[C@H]12. The Balaban J connectivity index is 1.75. The summed E-state index contributed by atoms with van der Waals surface area (Å²) < 4.78 is 0. The standard InChI is InChI=1S/C16H26O/c17-16-12-10-8-6-4-2-1-3-5-7-9-11-14-13-15(14)16/h10,12,14-15H,1-9,11,13H2/b12-10-/t14-,15+/m1/s1. The molecule has 1 saturated carbocycles. The van der Waals surface area contributed by atoms with E-state index in [0.29, 0.717) is 11.7 Å². The molecule has 0 spiro atoms. The minimum Gasteiger partial charge on any atom is -0.295 e. The maximum Gasteiger partial charge on any atom is 0.158 e. The highest BCUT2D eigenvalue weighted by Gasteiger charge is 2.40. The maximum atomic E-state index is 11.8. The molecule has 1 fully saturated rings. The Morgan fingerprint density at radius 1 is 0.882 bits per heavy atom. The summed E-state index contributed by atoms with van der Waals surface area (Å²) in [5.74, 6) is 1.54. The molecule has 0 N–H and O–H groups in total. The van der Waals surface area contributed by atoms with E-state index in [9.17, 15) is 4.79 Å². The van der Waals surface area contributed by atoms with Crippen molar-refractivity contribution in [2.45, 2.75) is 70.6 Å². The van der Waals surface area contributed by atoms with E-state index in [1.165, 1.54) is 64.2 Å². The molecule has 17 heavy (non-hydrogen) atoms. The summed E-state index contributed by atoms with van der Waals surface area (Å²) in [5, 5.41) is 0. The Morgan fingerprint density at radius 3 is 2.29 bits per heavy atom. The molecular weight excluding hydrogens is 208 g/mol. The molecule has 1 nitrogen and oxygen atoms in total. The number of fused-ring (bicyclic) bond motifs is 1. The van der Waals surface area contributed by atoms with E-state index in [2.05, 4.69) is 6.08 Å². The quantitative estimate of drug-likeness (QED) is 0.595. The second kappa shape index (κ2) is 6.98. The Labute approximate surface area is 106 Å². The third-order valence-corrected chi connectivity index (χ3v) is 4.27. The molecule has 0 amide bonds. The summed E-state index contributed by atoms with van der Waals surface area (Å²) in [5.41, 5.74) is 0. The van der Waals surface area contributed by atoms with Gasteiger partial charge in [0.25, 0.3) is 0 Å². The van der Waals surface area contributed by atoms with E-state index in [1.807, 2.05) is 6.08 Å². The molecule has 2 aliphatic carbocycles. The van der Waals surface area contributed by atoms with Crippen molar-refractivity contribution in [2.24, 2.45) is 11.8 Å². The fourth-order valence-corrected chi connectivity index (χ4v) is 2.97. The summed E-state index contributed by atoms with van der Waals surface area (Å²) in [6.07, 6.45) is 18.5. The van der Waals surface area contributed by atoms with Gasteiger partial charge < -0.3 is 0 Å². The molecule has 0 heterocycles. The van der Waals surface area contributed by atoms with Gasteiger partial charge in [-0.3, -0.25) is 4.79 Å². The first kappa shape index (κ1) is 12.9. The van der Waals surface area contributed by atoms with E-state index in [-0.39, 0.29) is 0 Å². The van der Waals surface area contributed by atoms with Crippen LogP contribution in [0.1, 0.15) is 70.6 Å². The van der Waals surface area contributed by atoms with Crippen molar-refractivity contribution >= 4 is 5.78 Å². The van der Waals surface area contributed by atoms with Gasteiger partial charge in [-0.05, 0) is 37.7 Å². The summed E-state index contributed by atoms with van der Waals surface area (Å²) in [6.45, 7) is 0. The third-order valence-electron chi connectivity index (χ3n) is 4.27. The van der Waals surface area contributed by atoms with E-state index in [4.69, 9.17) is 0 Å². The predicted molar refractivity (Wildman–Crippen MR) is 71.9 cm³/mol. The summed E-state index contributed by atoms with van der Waals surface area (Å²) in [4.78, 5) is 11.8. The average molecular weight is 234 g/mol. The zero-order valence-corrected chi connectivity index (χ0v) is 11.0. The van der Waals surface area contributed by atoms with Gasteiger partial charge in [0.05, 0.1) is 0 Å². The lowest BCUT2D eigenvalue weighted by Gasteiger charge is -2.01. The number of rotatable bonds is 0. The number of ketones is 1. The van der Waals surface area contributed by atoms with Crippen LogP contribution in [0.25, 0.3) is 0 Å². The molecule has 2 aliphatic rings. The van der Waals surface area contributed by atoms with Gasteiger partial charge in [-0.25, -0.2) is 0 Å². The average Bonchev–Trinajstić information content (AvgIpc) is 3.08. The smallest absolute Gasteiger partial charge is 0.158 e. The Hall–Kier alpha value is -0.590. The lowest BCUT2D eigenvalue weighted by molar-refractivity contribution is -0.116. The van der Waals surface area contributed by atoms with Crippen molar-refractivity contribution in [2.75, 3.05) is 0 Å². The van der Waals surface area contributed by atoms with Crippen LogP contribution >= 0.6 is 0 Å². The lowest BCUT2D eigenvalue weighted by atomic mass is 10.1. The number of carbonyl (C=O) groups is 1. The minimum absolute atomic E-state index is 0.399. The van der Waals surface area contributed by atoms with Crippen LogP contribution in [0.2, 0.25) is 0 Å². The molecule has 0 aromatic heterocycles. The molecule has 0 unspecified atom stereocenters. The van der Waals surface area contributed by atoms with Gasteiger partial charge >= 0.3 is 0 Å². The highest BCUT2D eigenvalue weighted by atomic mass is 16.1. The largest absolute Gasteiger partial charge is 0.295 e. The molecule has 0 aromatic rings. The normalized spacial score (nSPS) is 34.2. The van der Waals surface area contributed by atoms with E-state index in [1.54, 1.807) is 0 Å². The zero-order valence-electron chi connectivity index (χ0n) is 11.0. The monoisotopic (exact) mass is 234 g/mol. The summed E-state index contributed by atoms with van der Waals surface area (Å²) >= 11 is 0. The van der Waals surface area contributed by atoms with Crippen LogP contribution in [-0.2, 0) is 4.79 Å². The Morgan fingerprint density at radius 2 is 1.53 bits per heavy atom. The van der Waals surface area contributed by atoms with Crippen molar-refractivity contribution in [3.05, 3.63) is 12.2 Å². The van der Waals surface area contributed by atoms with Crippen molar-refractivity contribution in [1.29, 1.82) is 0 Å². The van der Waals surface area contributed by atoms with E-state index in [0.717, 1.165) is 12.3 Å². The second-order valence-electron chi connectivity index (χ2n) is 5.81. The van der Waals surface area contributed by atoms with Crippen molar-refractivity contribution in [3.8, 4) is 0 Å². The zero-order chi connectivity index (χ0) is 11.9. The van der Waals surface area contributed by atoms with E-state index >= 15 is 0 Å². The van der Waals surface area contributed by atoms with E-state index < -0.39 is 0 Å². The first-order valence-electron chi connectivity index (χ1n) is 7.58. The van der Waals surface area contributed by atoms with Crippen LogP contribution in [0.5, 0.6) is 0 Å². The van der Waals surface area contributed by atoms with Crippen molar-refractivity contribution < 1.29 is 4.79 Å². The molecule has 0 aliphatic heterocycles. The van der Waals surface area contributed by atoms with Crippen LogP contribution in [0, 0.1) is 11.8 Å². The van der Waals surface area contributed by atoms with Gasteiger partial charge in [-0.1, -0.05) is 51.0 Å². The Kier molecular flexibility index (Phi) is 5.28. The topological polar surface area (TPSA) is 17.1 Å². The van der Waals surface area contributed by atoms with Crippen LogP contribution in [-0.4, -0.2) is 5.78 Å². The summed E-state index contributed by atoms with van der Waals surface area (Å²) in [7, 11) is 0. The van der Waals surface area contributed by atoms with Gasteiger partial charge in [0.15, 0.2) is 5.78 Å². The second-order valence-corrected chi connectivity index (χ2v) is 5.81. The third kappa shape index (κ3) is 4.65. The number of carbonyl (C=O) groups excluding carboxylic acids is 1. The Bertz CT molecular complexity index is 267. The van der Waals surface area contributed by atoms with Crippen molar-refractivity contribution in [3.63, 3.8) is 0 Å². The predicted octanol–water partition coefficient (Wildman–Crippen LogP) is 4.66. The molecular formula is C16H26O. The molecule has 0 bridgehead atoms. The molecule has 2 rings (SSSR count). The van der Waals surface area contributed by atoms with Crippen molar-refractivity contribution in [1.82, 2.24) is 0 Å². The summed E-state index contributed by atoms with van der Waals surface area (Å²) in [6, 6.07) is 0. The molecule has 96 valence electrons. The first-order chi connectivity index (χ1) is 8.38. The number of allylic oxidation sites excluding steroid dienone is 2. The maximum absolute atomic E-state index is 11.8. The molecule has 2 atom stereocenters. The minimum atomic E-state index is 0.399. The van der Waals surface area contributed by atoms with Crippen LogP contribution in [0.3, 0.4) is 0 Å². The highest BCUT2D eigenvalue weighted by Crippen LogP contribution is 2.43. The van der Waals surface area contributed by atoms with Gasteiger partial charge in [0, 0.05) is 5.92 Å². The molecule has 0 saturated heterocycles. The molecule has 1 heteroatoms. The van der Waals surface area contributed by atoms with Crippen LogP contribution in [0.15, 0.2) is 12.2 Å². The number of hydrogen-bond donors (Lipinski definition) is 0. The van der Waals surface area contributed by atoms with Gasteiger partial charge in [-0.15, -0.1) is 0 Å². The number of hydrogen-bond acceptors (Lipinski definition) is 1. The van der Waals surface area contributed by atoms with Gasteiger partial charge in [0.2, 0.25) is 0 Å². The first-order valence-corrected chi connectivity index (χ1v) is 7.58. The lowest BCUT2D eigenvalue weighted by Crippen LogP contribution is -1.97. The van der Waals surface area contributed by atoms with Crippen LogP contribution in [0.4, 0.5) is 0 Å². The fraction of sp³-hybridized carbons (Fsp3) is 0.812. The molecule has 0 aromatic carbocycles. The fourth-order valence-electron chi connectivity index (χ4n) is 2.97. The van der Waals surface area contributed by atoms with Crippen LogP contribution < -0.4 is 0 Å². The highest BCUT2D eigenvalue weighted by molar-refractivity contribution is 5.93. The van der Waals surface area contributed by atoms with Gasteiger partial charge in [-0.2, -0.15) is 0 Å².